The van der Waals surface area contributed by atoms with Crippen molar-refractivity contribution in [3.63, 3.8) is 0 Å². The third kappa shape index (κ3) is 1.51. The molecule has 0 aliphatic carbocycles. The van der Waals surface area contributed by atoms with Crippen molar-refractivity contribution in [2.24, 2.45) is 0 Å². The smallest absolute Gasteiger partial charge is 0.184 e. The Kier molecular flexibility index (Phi) is 2.29. The minimum absolute atomic E-state index is 0.0205. The van der Waals surface area contributed by atoms with Crippen molar-refractivity contribution in [2.75, 3.05) is 0 Å². The second-order valence-corrected chi connectivity index (χ2v) is 6.74. The third-order valence-electron chi connectivity index (χ3n) is 2.97. The molecule has 16 heavy (non-hydrogen) atoms. The lowest BCUT2D eigenvalue weighted by Gasteiger charge is -2.24. The fourth-order valence-electron chi connectivity index (χ4n) is 2.10. The molecule has 0 saturated heterocycles. The number of phenols is 1. The second-order valence-electron chi connectivity index (χ2n) is 4.65. The van der Waals surface area contributed by atoms with Gasteiger partial charge in [0, 0.05) is 5.56 Å². The summed E-state index contributed by atoms with van der Waals surface area (Å²) < 4.78 is 24.2. The Hall–Kier alpha value is -1.07. The van der Waals surface area contributed by atoms with Gasteiger partial charge in [0.1, 0.15) is 5.75 Å². The van der Waals surface area contributed by atoms with E-state index in [-0.39, 0.29) is 17.1 Å². The molecule has 2 rings (SSSR count). The Morgan fingerprint density at radius 2 is 2.00 bits per heavy atom. The van der Waals surface area contributed by atoms with Crippen molar-refractivity contribution in [3.8, 4) is 5.75 Å². The van der Waals surface area contributed by atoms with Gasteiger partial charge in [-0.05, 0) is 32.4 Å². The summed E-state index contributed by atoms with van der Waals surface area (Å²) in [4.78, 5) is 0.139. The summed E-state index contributed by atoms with van der Waals surface area (Å²) in [6.07, 6.45) is 0.161. The molecule has 1 heterocycles. The van der Waals surface area contributed by atoms with E-state index in [0.29, 0.717) is 5.56 Å². The first kappa shape index (κ1) is 11.4. The number of phenolic OH excluding ortho intramolecular Hbond substituents is 1. The molecular formula is C11H14O4S. The van der Waals surface area contributed by atoms with Gasteiger partial charge in [-0.2, -0.15) is 0 Å². The molecule has 0 amide bonds. The number of hydrogen-bond acceptors (Lipinski definition) is 4. The molecule has 0 bridgehead atoms. The summed E-state index contributed by atoms with van der Waals surface area (Å²) >= 11 is 0. The highest BCUT2D eigenvalue weighted by Crippen LogP contribution is 2.40. The molecule has 1 atom stereocenters. The van der Waals surface area contributed by atoms with Gasteiger partial charge in [0.15, 0.2) is 9.84 Å². The maximum absolute atomic E-state index is 12.1. The molecule has 2 N–H and O–H groups in total. The van der Waals surface area contributed by atoms with Gasteiger partial charge in [0.2, 0.25) is 0 Å². The number of rotatable bonds is 1. The van der Waals surface area contributed by atoms with Crippen LogP contribution in [0.1, 0.15) is 19.4 Å². The molecule has 1 aromatic carbocycles. The van der Waals surface area contributed by atoms with E-state index in [1.54, 1.807) is 0 Å². The highest BCUT2D eigenvalue weighted by Gasteiger charge is 2.46. The maximum atomic E-state index is 12.1. The van der Waals surface area contributed by atoms with Crippen molar-refractivity contribution >= 4 is 9.84 Å². The minimum Gasteiger partial charge on any atom is -0.508 e. The van der Waals surface area contributed by atoms with E-state index < -0.39 is 20.7 Å². The lowest BCUT2D eigenvalue weighted by Crippen LogP contribution is -2.40. The quantitative estimate of drug-likeness (QED) is 0.766. The van der Waals surface area contributed by atoms with Gasteiger partial charge in [-0.25, -0.2) is 8.42 Å². The molecule has 1 aromatic rings. The topological polar surface area (TPSA) is 74.6 Å². The maximum Gasteiger partial charge on any atom is 0.184 e. The minimum atomic E-state index is -3.54. The van der Waals surface area contributed by atoms with Crippen LogP contribution in [0.15, 0.2) is 23.1 Å². The Morgan fingerprint density at radius 1 is 1.38 bits per heavy atom. The molecule has 0 saturated carbocycles. The first-order chi connectivity index (χ1) is 7.24. The van der Waals surface area contributed by atoms with Crippen molar-refractivity contribution in [1.82, 2.24) is 0 Å². The Bertz CT molecular complexity index is 525. The van der Waals surface area contributed by atoms with Crippen LogP contribution in [0.4, 0.5) is 0 Å². The van der Waals surface area contributed by atoms with E-state index in [1.165, 1.54) is 32.0 Å². The average molecular weight is 242 g/mol. The summed E-state index contributed by atoms with van der Waals surface area (Å²) in [7, 11) is -3.54. The van der Waals surface area contributed by atoms with E-state index in [1.807, 2.05) is 0 Å². The van der Waals surface area contributed by atoms with Gasteiger partial charge in [0.25, 0.3) is 0 Å². The van der Waals surface area contributed by atoms with E-state index >= 15 is 0 Å². The van der Waals surface area contributed by atoms with Gasteiger partial charge >= 0.3 is 0 Å². The first-order valence-corrected chi connectivity index (χ1v) is 6.56. The molecule has 1 aliphatic rings. The number of sulfone groups is 1. The van der Waals surface area contributed by atoms with Crippen molar-refractivity contribution in [2.45, 2.75) is 36.0 Å². The number of benzene rings is 1. The van der Waals surface area contributed by atoms with E-state index in [4.69, 9.17) is 0 Å². The van der Waals surface area contributed by atoms with Gasteiger partial charge < -0.3 is 10.2 Å². The van der Waals surface area contributed by atoms with Crippen LogP contribution >= 0.6 is 0 Å². The Balaban J connectivity index is 2.64. The summed E-state index contributed by atoms with van der Waals surface area (Å²) in [6, 6.07) is 4.43. The zero-order valence-corrected chi connectivity index (χ0v) is 9.95. The molecule has 0 fully saturated rings. The highest BCUT2D eigenvalue weighted by molar-refractivity contribution is 7.92. The number of fused-ring (bicyclic) bond motifs is 1. The number of hydrogen-bond donors (Lipinski definition) is 2. The predicted molar refractivity (Wildman–Crippen MR) is 59.1 cm³/mol. The number of aromatic hydroxyl groups is 1. The van der Waals surface area contributed by atoms with Crippen LogP contribution in [-0.2, 0) is 16.3 Å². The van der Waals surface area contributed by atoms with Crippen LogP contribution in [0.2, 0.25) is 0 Å². The SMILES string of the molecule is CC(C)(O)C1Cc2c(O)cccc2S1(=O)=O. The normalized spacial score (nSPS) is 23.1. The summed E-state index contributed by atoms with van der Waals surface area (Å²) in [6.45, 7) is 2.94. The molecule has 0 radical (unpaired) electrons. The van der Waals surface area contributed by atoms with E-state index in [2.05, 4.69) is 0 Å². The third-order valence-corrected chi connectivity index (χ3v) is 5.46. The Morgan fingerprint density at radius 3 is 2.50 bits per heavy atom. The van der Waals surface area contributed by atoms with Crippen LogP contribution in [0.3, 0.4) is 0 Å². The zero-order valence-electron chi connectivity index (χ0n) is 9.14. The summed E-state index contributed by atoms with van der Waals surface area (Å²) in [5.74, 6) is -0.0205. The van der Waals surface area contributed by atoms with Crippen LogP contribution in [0.5, 0.6) is 5.75 Å². The molecular weight excluding hydrogens is 228 g/mol. The van der Waals surface area contributed by atoms with Crippen molar-refractivity contribution in [3.05, 3.63) is 23.8 Å². The van der Waals surface area contributed by atoms with Crippen LogP contribution in [0.25, 0.3) is 0 Å². The predicted octanol–water partition coefficient (Wildman–Crippen LogP) is 0.861. The molecule has 5 heteroatoms. The lowest BCUT2D eigenvalue weighted by atomic mass is 9.98. The second kappa shape index (κ2) is 3.21. The zero-order chi connectivity index (χ0) is 12.1. The van der Waals surface area contributed by atoms with Crippen molar-refractivity contribution < 1.29 is 18.6 Å². The van der Waals surface area contributed by atoms with Gasteiger partial charge in [-0.3, -0.25) is 0 Å². The highest BCUT2D eigenvalue weighted by atomic mass is 32.2. The van der Waals surface area contributed by atoms with Crippen LogP contribution in [0, 0.1) is 0 Å². The molecule has 0 spiro atoms. The monoisotopic (exact) mass is 242 g/mol. The van der Waals surface area contributed by atoms with E-state index in [9.17, 15) is 18.6 Å². The summed E-state index contributed by atoms with van der Waals surface area (Å²) in [5.41, 5.74) is -0.903. The fraction of sp³-hybridized carbons (Fsp3) is 0.455. The molecule has 1 aliphatic heterocycles. The van der Waals surface area contributed by atoms with Crippen LogP contribution < -0.4 is 0 Å². The fourth-order valence-corrected chi connectivity index (χ4v) is 4.36. The standard InChI is InChI=1S/C11H14O4S/c1-11(2,13)10-6-7-8(12)4-3-5-9(7)16(10,14)15/h3-5,10,12-13H,6H2,1-2H3. The average Bonchev–Trinajstić information content (AvgIpc) is 2.39. The Labute approximate surface area is 94.5 Å². The lowest BCUT2D eigenvalue weighted by molar-refractivity contribution is 0.0760. The van der Waals surface area contributed by atoms with Gasteiger partial charge in [0.05, 0.1) is 15.7 Å². The summed E-state index contributed by atoms with van der Waals surface area (Å²) in [5, 5.41) is 18.6. The van der Waals surface area contributed by atoms with Gasteiger partial charge in [-0.1, -0.05) is 6.07 Å². The molecule has 0 aromatic heterocycles. The largest absolute Gasteiger partial charge is 0.508 e. The number of aliphatic hydroxyl groups is 1. The first-order valence-electron chi connectivity index (χ1n) is 5.01. The molecule has 88 valence electrons. The van der Waals surface area contributed by atoms with E-state index in [0.717, 1.165) is 0 Å². The molecule has 1 unspecified atom stereocenters. The van der Waals surface area contributed by atoms with Gasteiger partial charge in [-0.15, -0.1) is 0 Å². The van der Waals surface area contributed by atoms with Crippen LogP contribution in [-0.4, -0.2) is 29.5 Å². The van der Waals surface area contributed by atoms with Crippen molar-refractivity contribution in [1.29, 1.82) is 0 Å². The molecule has 4 nitrogen and oxygen atoms in total.